The van der Waals surface area contributed by atoms with Crippen molar-refractivity contribution in [3.8, 4) is 0 Å². The van der Waals surface area contributed by atoms with Crippen LogP contribution in [0.25, 0.3) is 0 Å². The van der Waals surface area contributed by atoms with Gasteiger partial charge in [-0.3, -0.25) is 9.59 Å². The van der Waals surface area contributed by atoms with Gasteiger partial charge in [0.2, 0.25) is 0 Å². The van der Waals surface area contributed by atoms with Crippen molar-refractivity contribution in [3.05, 3.63) is 57.8 Å². The molecule has 10 heteroatoms. The number of halogens is 2. The van der Waals surface area contributed by atoms with Gasteiger partial charge in [0, 0.05) is 39.0 Å². The molecule has 2 fully saturated rings. The van der Waals surface area contributed by atoms with Crippen LogP contribution in [0, 0.1) is 5.82 Å². The second-order valence-corrected chi connectivity index (χ2v) is 8.51. The third-order valence-corrected chi connectivity index (χ3v) is 6.64. The van der Waals surface area contributed by atoms with Gasteiger partial charge in [0.1, 0.15) is 17.6 Å². The normalized spacial score (nSPS) is 27.8. The number of carbonyl (C=O) groups excluding carboxylic acids is 2. The van der Waals surface area contributed by atoms with Crippen LogP contribution in [0.3, 0.4) is 0 Å². The average Bonchev–Trinajstić information content (AvgIpc) is 2.72. The Morgan fingerprint density at radius 1 is 1.42 bits per heavy atom. The van der Waals surface area contributed by atoms with E-state index in [1.165, 1.54) is 23.2 Å². The summed E-state index contributed by atoms with van der Waals surface area (Å²) in [6.45, 7) is 0.189. The molecule has 3 aliphatic rings. The molecular weight excluding hydrogens is 429 g/mol. The summed E-state index contributed by atoms with van der Waals surface area (Å²) in [5, 5.41) is 23.5. The molecule has 3 N–H and O–H groups in total. The first-order valence-electron chi connectivity index (χ1n) is 9.80. The topological polar surface area (TPSA) is 102 Å². The molecule has 1 aromatic rings. The van der Waals surface area contributed by atoms with E-state index in [-0.39, 0.29) is 34.5 Å². The molecule has 2 heterocycles. The summed E-state index contributed by atoms with van der Waals surface area (Å²) in [6, 6.07) is 4.44. The SMILES string of the molecule is COC1CC2(C1)CN1C=C(C(=O)NCc3cccc(Cl)c3F)C(O)C(O)=C1C(=O)N2C. The molecule has 4 rings (SSSR count). The number of rotatable bonds is 4. The van der Waals surface area contributed by atoms with Gasteiger partial charge >= 0.3 is 0 Å². The van der Waals surface area contributed by atoms with Gasteiger partial charge in [-0.25, -0.2) is 4.39 Å². The van der Waals surface area contributed by atoms with E-state index in [2.05, 4.69) is 5.32 Å². The molecule has 2 aliphatic heterocycles. The first kappa shape index (κ1) is 21.6. The summed E-state index contributed by atoms with van der Waals surface area (Å²) in [4.78, 5) is 28.7. The molecule has 1 aliphatic carbocycles. The Morgan fingerprint density at radius 3 is 2.81 bits per heavy atom. The largest absolute Gasteiger partial charge is 0.507 e. The highest BCUT2D eigenvalue weighted by Crippen LogP contribution is 2.45. The van der Waals surface area contributed by atoms with Gasteiger partial charge in [0.25, 0.3) is 11.8 Å². The highest BCUT2D eigenvalue weighted by molar-refractivity contribution is 6.30. The fourth-order valence-electron chi connectivity index (χ4n) is 4.38. The second kappa shape index (κ2) is 7.81. The molecule has 8 nitrogen and oxygen atoms in total. The number of hydrogen-bond acceptors (Lipinski definition) is 6. The van der Waals surface area contributed by atoms with Crippen LogP contribution in [0.15, 0.2) is 41.4 Å². The molecule has 0 bridgehead atoms. The van der Waals surface area contributed by atoms with Crippen molar-refractivity contribution in [2.45, 2.75) is 37.1 Å². The fraction of sp³-hybridized carbons (Fsp3) is 0.429. The number of fused-ring (bicyclic) bond motifs is 1. The van der Waals surface area contributed by atoms with Crippen molar-refractivity contribution in [3.63, 3.8) is 0 Å². The van der Waals surface area contributed by atoms with E-state index < -0.39 is 35.0 Å². The van der Waals surface area contributed by atoms with Crippen LogP contribution in [-0.2, 0) is 20.9 Å². The lowest BCUT2D eigenvalue weighted by molar-refractivity contribution is -0.154. The van der Waals surface area contributed by atoms with Gasteiger partial charge < -0.3 is 30.1 Å². The number of ether oxygens (including phenoxy) is 1. The lowest BCUT2D eigenvalue weighted by atomic mass is 9.71. The van der Waals surface area contributed by atoms with E-state index >= 15 is 0 Å². The molecule has 2 amide bonds. The van der Waals surface area contributed by atoms with Crippen LogP contribution in [0.1, 0.15) is 18.4 Å². The van der Waals surface area contributed by atoms with Gasteiger partial charge in [0.15, 0.2) is 5.76 Å². The van der Waals surface area contributed by atoms with Crippen LogP contribution >= 0.6 is 11.6 Å². The summed E-state index contributed by atoms with van der Waals surface area (Å²) in [5.41, 5.74) is -0.495. The summed E-state index contributed by atoms with van der Waals surface area (Å²) in [6.07, 6.45) is 0.986. The molecule has 0 aromatic heterocycles. The van der Waals surface area contributed by atoms with E-state index in [9.17, 15) is 24.2 Å². The maximum Gasteiger partial charge on any atom is 0.274 e. The maximum absolute atomic E-state index is 14.1. The molecule has 1 aromatic carbocycles. The number of nitrogens with one attached hydrogen (secondary N) is 1. The number of amides is 2. The minimum absolute atomic E-state index is 0.0316. The van der Waals surface area contributed by atoms with Gasteiger partial charge in [-0.2, -0.15) is 0 Å². The van der Waals surface area contributed by atoms with Gasteiger partial charge in [-0.05, 0) is 18.9 Å². The summed E-state index contributed by atoms with van der Waals surface area (Å²) < 4.78 is 19.4. The first-order chi connectivity index (χ1) is 14.7. The minimum atomic E-state index is -1.67. The molecule has 1 saturated heterocycles. The van der Waals surface area contributed by atoms with Crippen LogP contribution in [0.5, 0.6) is 0 Å². The monoisotopic (exact) mass is 451 g/mol. The van der Waals surface area contributed by atoms with Crippen molar-refractivity contribution >= 4 is 23.4 Å². The standard InChI is InChI=1S/C21H23ClFN3O5/c1-25-20(30)16-18(28)17(27)13(9-26(16)10-21(25)6-12(7-21)31-2)19(29)24-8-11-4-3-5-14(22)15(11)23/h3-5,9,12,17,27-28H,6-8,10H2,1-2H3,(H,24,29). The van der Waals surface area contributed by atoms with Crippen LogP contribution < -0.4 is 5.32 Å². The third kappa shape index (κ3) is 3.46. The first-order valence-corrected chi connectivity index (χ1v) is 10.2. The van der Waals surface area contributed by atoms with Gasteiger partial charge in [0.05, 0.1) is 22.2 Å². The Hall–Kier alpha value is -2.62. The number of nitrogens with zero attached hydrogens (tertiary/aromatic N) is 2. The fourth-order valence-corrected chi connectivity index (χ4v) is 4.58. The zero-order chi connectivity index (χ0) is 22.5. The molecule has 1 spiro atoms. The quantitative estimate of drug-likeness (QED) is 0.640. The molecule has 1 saturated carbocycles. The smallest absolute Gasteiger partial charge is 0.274 e. The Labute approximate surface area is 183 Å². The molecular formula is C21H23ClFN3O5. The number of carbonyl (C=O) groups is 2. The van der Waals surface area contributed by atoms with E-state index in [0.29, 0.717) is 19.4 Å². The molecule has 1 unspecified atom stereocenters. The Kier molecular flexibility index (Phi) is 5.45. The Morgan fingerprint density at radius 2 is 2.13 bits per heavy atom. The van der Waals surface area contributed by atoms with Crippen LogP contribution in [0.4, 0.5) is 4.39 Å². The van der Waals surface area contributed by atoms with E-state index in [1.807, 2.05) is 0 Å². The number of aliphatic hydroxyl groups excluding tert-OH is 2. The minimum Gasteiger partial charge on any atom is -0.507 e. The third-order valence-electron chi connectivity index (χ3n) is 6.34. The highest BCUT2D eigenvalue weighted by atomic mass is 35.5. The summed E-state index contributed by atoms with van der Waals surface area (Å²) >= 11 is 5.76. The van der Waals surface area contributed by atoms with Crippen molar-refractivity contribution < 1.29 is 28.9 Å². The van der Waals surface area contributed by atoms with E-state index in [1.54, 1.807) is 25.1 Å². The second-order valence-electron chi connectivity index (χ2n) is 8.10. The molecule has 166 valence electrons. The van der Waals surface area contributed by atoms with Crippen molar-refractivity contribution in [2.75, 3.05) is 20.7 Å². The van der Waals surface area contributed by atoms with Crippen molar-refractivity contribution in [2.24, 2.45) is 0 Å². The van der Waals surface area contributed by atoms with Gasteiger partial charge in [-0.15, -0.1) is 0 Å². The number of aliphatic hydroxyl groups is 2. The molecule has 0 radical (unpaired) electrons. The number of benzene rings is 1. The predicted molar refractivity (Wildman–Crippen MR) is 109 cm³/mol. The molecule has 31 heavy (non-hydrogen) atoms. The lowest BCUT2D eigenvalue weighted by Crippen LogP contribution is -2.69. The lowest BCUT2D eigenvalue weighted by Gasteiger charge is -2.57. The molecule has 1 atom stereocenters. The predicted octanol–water partition coefficient (Wildman–Crippen LogP) is 1.44. The Bertz CT molecular complexity index is 1000. The highest BCUT2D eigenvalue weighted by Gasteiger charge is 2.55. The van der Waals surface area contributed by atoms with Crippen molar-refractivity contribution in [1.82, 2.24) is 15.1 Å². The number of piperazine rings is 1. The number of hydrogen-bond donors (Lipinski definition) is 3. The van der Waals surface area contributed by atoms with Crippen LogP contribution in [-0.4, -0.2) is 70.3 Å². The van der Waals surface area contributed by atoms with Crippen molar-refractivity contribution in [1.29, 1.82) is 0 Å². The zero-order valence-electron chi connectivity index (χ0n) is 17.1. The number of likely N-dealkylation sites (N-methyl/N-ethyl adjacent to an activating group) is 1. The maximum atomic E-state index is 14.1. The zero-order valence-corrected chi connectivity index (χ0v) is 17.8. The summed E-state index contributed by atoms with van der Waals surface area (Å²) in [7, 11) is 3.27. The van der Waals surface area contributed by atoms with E-state index in [4.69, 9.17) is 16.3 Å². The Balaban J connectivity index is 1.55. The average molecular weight is 452 g/mol. The summed E-state index contributed by atoms with van der Waals surface area (Å²) in [5.74, 6) is -2.36. The van der Waals surface area contributed by atoms with Crippen LogP contribution in [0.2, 0.25) is 5.02 Å². The van der Waals surface area contributed by atoms with E-state index in [0.717, 1.165) is 0 Å². The van der Waals surface area contributed by atoms with Gasteiger partial charge in [-0.1, -0.05) is 23.7 Å². The number of methoxy groups -OCH3 is 1.